The molecule has 1 aromatic carbocycles. The molecular formula is C13H12N2O2. The van der Waals surface area contributed by atoms with Gasteiger partial charge in [0.2, 0.25) is 0 Å². The van der Waals surface area contributed by atoms with Gasteiger partial charge in [-0.1, -0.05) is 0 Å². The Morgan fingerprint density at radius 3 is 3.18 bits per heavy atom. The summed E-state index contributed by atoms with van der Waals surface area (Å²) >= 11 is 0. The van der Waals surface area contributed by atoms with Crippen molar-refractivity contribution in [2.45, 2.75) is 6.42 Å². The normalized spacial score (nSPS) is 13.2. The largest absolute Gasteiger partial charge is 0.493 e. The van der Waals surface area contributed by atoms with Crippen molar-refractivity contribution >= 4 is 6.29 Å². The minimum Gasteiger partial charge on any atom is -0.493 e. The second-order valence-corrected chi connectivity index (χ2v) is 4.13. The summed E-state index contributed by atoms with van der Waals surface area (Å²) in [5.41, 5.74) is 3.49. The van der Waals surface area contributed by atoms with Gasteiger partial charge in [-0.25, -0.2) is 4.98 Å². The number of aromatic nitrogens is 2. The van der Waals surface area contributed by atoms with Gasteiger partial charge in [-0.05, 0) is 23.8 Å². The summed E-state index contributed by atoms with van der Waals surface area (Å²) in [6, 6.07) is 5.94. The average Bonchev–Trinajstić information content (AvgIpc) is 2.93. The van der Waals surface area contributed by atoms with E-state index in [4.69, 9.17) is 4.74 Å². The number of rotatable bonds is 2. The molecule has 86 valence electrons. The second kappa shape index (κ2) is 3.73. The van der Waals surface area contributed by atoms with Crippen LogP contribution in [0.3, 0.4) is 0 Å². The number of nitrogens with zero attached hydrogens (tertiary/aromatic N) is 2. The molecule has 2 heterocycles. The van der Waals surface area contributed by atoms with E-state index in [-0.39, 0.29) is 0 Å². The van der Waals surface area contributed by atoms with Crippen LogP contribution in [0.4, 0.5) is 0 Å². The number of ether oxygens (including phenoxy) is 1. The molecule has 3 rings (SSSR count). The quantitative estimate of drug-likeness (QED) is 0.736. The first-order chi connectivity index (χ1) is 8.29. The molecule has 0 unspecified atom stereocenters. The van der Waals surface area contributed by atoms with E-state index in [1.54, 1.807) is 10.9 Å². The van der Waals surface area contributed by atoms with E-state index >= 15 is 0 Å². The molecular weight excluding hydrogens is 216 g/mol. The molecule has 4 heteroatoms. The van der Waals surface area contributed by atoms with Crippen LogP contribution in [0.15, 0.2) is 24.5 Å². The maximum Gasteiger partial charge on any atom is 0.168 e. The molecule has 1 aromatic heterocycles. The monoisotopic (exact) mass is 228 g/mol. The first-order valence-electron chi connectivity index (χ1n) is 5.52. The first kappa shape index (κ1) is 10.1. The zero-order chi connectivity index (χ0) is 11.8. The van der Waals surface area contributed by atoms with Crippen molar-refractivity contribution < 1.29 is 9.53 Å². The number of carbonyl (C=O) groups is 1. The van der Waals surface area contributed by atoms with Gasteiger partial charge in [0.25, 0.3) is 0 Å². The van der Waals surface area contributed by atoms with Crippen molar-refractivity contribution in [2.75, 3.05) is 6.61 Å². The van der Waals surface area contributed by atoms with Gasteiger partial charge in [0.05, 0.1) is 18.6 Å². The number of imidazole rings is 1. The van der Waals surface area contributed by atoms with Crippen molar-refractivity contribution in [1.29, 1.82) is 0 Å². The molecule has 4 nitrogen and oxygen atoms in total. The molecule has 0 atom stereocenters. The van der Waals surface area contributed by atoms with Crippen LogP contribution >= 0.6 is 0 Å². The van der Waals surface area contributed by atoms with Crippen LogP contribution in [0.2, 0.25) is 0 Å². The fraction of sp³-hybridized carbons (Fsp3) is 0.231. The van der Waals surface area contributed by atoms with Crippen molar-refractivity contribution in [3.05, 3.63) is 35.8 Å². The molecule has 0 saturated carbocycles. The Bertz CT molecular complexity index is 587. The molecule has 0 amide bonds. The lowest BCUT2D eigenvalue weighted by Gasteiger charge is -2.03. The van der Waals surface area contributed by atoms with E-state index in [2.05, 4.69) is 11.1 Å². The maximum absolute atomic E-state index is 11.0. The second-order valence-electron chi connectivity index (χ2n) is 4.13. The smallest absolute Gasteiger partial charge is 0.168 e. The number of hydrogen-bond acceptors (Lipinski definition) is 3. The highest BCUT2D eigenvalue weighted by Gasteiger charge is 2.15. The van der Waals surface area contributed by atoms with Crippen molar-refractivity contribution in [1.82, 2.24) is 9.55 Å². The summed E-state index contributed by atoms with van der Waals surface area (Å²) in [7, 11) is 1.82. The summed E-state index contributed by atoms with van der Waals surface area (Å²) in [5, 5.41) is 0. The number of fused-ring (bicyclic) bond motifs is 1. The van der Waals surface area contributed by atoms with Gasteiger partial charge in [-0.3, -0.25) is 4.79 Å². The number of benzene rings is 1. The zero-order valence-corrected chi connectivity index (χ0v) is 9.51. The van der Waals surface area contributed by atoms with E-state index in [1.807, 2.05) is 19.2 Å². The topological polar surface area (TPSA) is 44.1 Å². The predicted molar refractivity (Wildman–Crippen MR) is 63.2 cm³/mol. The van der Waals surface area contributed by atoms with Gasteiger partial charge >= 0.3 is 0 Å². The molecule has 0 radical (unpaired) electrons. The number of aldehydes is 1. The standard InChI is InChI=1S/C13H12N2O2/c1-15-8-14-13(11(15)7-16)10-2-3-12-9(6-10)4-5-17-12/h2-3,6-8H,4-5H2,1H3. The van der Waals surface area contributed by atoms with E-state index in [1.165, 1.54) is 5.56 Å². The summed E-state index contributed by atoms with van der Waals surface area (Å²) in [6.07, 6.45) is 3.42. The van der Waals surface area contributed by atoms with Crippen LogP contribution in [-0.4, -0.2) is 22.4 Å². The van der Waals surface area contributed by atoms with Gasteiger partial charge in [0, 0.05) is 19.0 Å². The number of carbonyl (C=O) groups excluding carboxylic acids is 1. The Kier molecular flexibility index (Phi) is 2.21. The lowest BCUT2D eigenvalue weighted by Crippen LogP contribution is -1.94. The van der Waals surface area contributed by atoms with Crippen LogP contribution in [0.25, 0.3) is 11.3 Å². The highest BCUT2D eigenvalue weighted by atomic mass is 16.5. The van der Waals surface area contributed by atoms with Crippen molar-refractivity contribution in [3.63, 3.8) is 0 Å². The third kappa shape index (κ3) is 1.53. The molecule has 1 aliphatic heterocycles. The molecule has 0 saturated heterocycles. The fourth-order valence-electron chi connectivity index (χ4n) is 2.13. The van der Waals surface area contributed by atoms with Crippen LogP contribution < -0.4 is 4.74 Å². The van der Waals surface area contributed by atoms with Crippen molar-refractivity contribution in [2.24, 2.45) is 7.05 Å². The zero-order valence-electron chi connectivity index (χ0n) is 9.51. The molecule has 0 N–H and O–H groups in total. The maximum atomic E-state index is 11.0. The fourth-order valence-corrected chi connectivity index (χ4v) is 2.13. The van der Waals surface area contributed by atoms with Crippen LogP contribution in [0.1, 0.15) is 16.1 Å². The van der Waals surface area contributed by atoms with Crippen LogP contribution in [-0.2, 0) is 13.5 Å². The Labute approximate surface area is 98.9 Å². The molecule has 0 bridgehead atoms. The average molecular weight is 228 g/mol. The van der Waals surface area contributed by atoms with E-state index in [0.717, 1.165) is 36.3 Å². The van der Waals surface area contributed by atoms with Gasteiger partial charge in [-0.2, -0.15) is 0 Å². The van der Waals surface area contributed by atoms with E-state index < -0.39 is 0 Å². The Balaban J connectivity index is 2.12. The Hall–Kier alpha value is -2.10. The molecule has 0 fully saturated rings. The highest BCUT2D eigenvalue weighted by molar-refractivity contribution is 5.84. The SMILES string of the molecule is Cn1cnc(-c2ccc3c(c2)CCO3)c1C=O. The molecule has 17 heavy (non-hydrogen) atoms. The number of aryl methyl sites for hydroxylation is 1. The highest BCUT2D eigenvalue weighted by Crippen LogP contribution is 2.30. The van der Waals surface area contributed by atoms with Crippen LogP contribution in [0.5, 0.6) is 5.75 Å². The van der Waals surface area contributed by atoms with Crippen molar-refractivity contribution in [3.8, 4) is 17.0 Å². The molecule has 2 aromatic rings. The first-order valence-corrected chi connectivity index (χ1v) is 5.52. The lowest BCUT2D eigenvalue weighted by atomic mass is 10.1. The summed E-state index contributed by atoms with van der Waals surface area (Å²) < 4.78 is 7.18. The van der Waals surface area contributed by atoms with Gasteiger partial charge in [-0.15, -0.1) is 0 Å². The van der Waals surface area contributed by atoms with Gasteiger partial charge < -0.3 is 9.30 Å². The Morgan fingerprint density at radius 1 is 1.47 bits per heavy atom. The van der Waals surface area contributed by atoms with Gasteiger partial charge in [0.15, 0.2) is 6.29 Å². The third-order valence-corrected chi connectivity index (χ3v) is 3.06. The van der Waals surface area contributed by atoms with Gasteiger partial charge in [0.1, 0.15) is 11.4 Å². The molecule has 0 spiro atoms. The summed E-state index contributed by atoms with van der Waals surface area (Å²) in [6.45, 7) is 0.738. The van der Waals surface area contributed by atoms with E-state index in [0.29, 0.717) is 5.69 Å². The summed E-state index contributed by atoms with van der Waals surface area (Å²) in [5.74, 6) is 0.942. The summed E-state index contributed by atoms with van der Waals surface area (Å²) in [4.78, 5) is 15.3. The Morgan fingerprint density at radius 2 is 2.35 bits per heavy atom. The third-order valence-electron chi connectivity index (χ3n) is 3.06. The van der Waals surface area contributed by atoms with E-state index in [9.17, 15) is 4.79 Å². The molecule has 1 aliphatic rings. The number of hydrogen-bond donors (Lipinski definition) is 0. The molecule has 0 aliphatic carbocycles. The predicted octanol–water partition coefficient (Wildman–Crippen LogP) is 1.83. The lowest BCUT2D eigenvalue weighted by molar-refractivity contribution is 0.111. The van der Waals surface area contributed by atoms with Crippen LogP contribution in [0, 0.1) is 0 Å². The minimum absolute atomic E-state index is 0.601. The minimum atomic E-state index is 0.601.